The molecule has 4 rings (SSSR count). The van der Waals surface area contributed by atoms with Crippen LogP contribution in [0.15, 0.2) is 114 Å². The molecule has 0 aromatic heterocycles. The van der Waals surface area contributed by atoms with E-state index in [4.69, 9.17) is 4.74 Å². The van der Waals surface area contributed by atoms with Gasteiger partial charge in [-0.1, -0.05) is 78.4 Å². The average Bonchev–Trinajstić information content (AvgIpc) is 2.88. The van der Waals surface area contributed by atoms with E-state index in [0.29, 0.717) is 0 Å². The normalized spacial score (nSPS) is 13.5. The van der Waals surface area contributed by atoms with Crippen molar-refractivity contribution in [2.45, 2.75) is 22.6 Å². The topological polar surface area (TPSA) is 38.3 Å². The van der Waals surface area contributed by atoms with Crippen molar-refractivity contribution < 1.29 is 13.9 Å². The second-order valence-corrected chi connectivity index (χ2v) is 9.32. The molecule has 0 unspecified atom stereocenters. The number of nitrogens with one attached hydrogen (secondary N) is 1. The zero-order valence-electron chi connectivity index (χ0n) is 19.1. The summed E-state index contributed by atoms with van der Waals surface area (Å²) in [6.45, 7) is 2.03. The van der Waals surface area contributed by atoms with E-state index in [1.807, 2.05) is 91.9 Å². The Kier molecular flexibility index (Phi) is 7.33. The van der Waals surface area contributed by atoms with Gasteiger partial charge in [0.25, 0.3) is 0 Å². The van der Waals surface area contributed by atoms with Crippen molar-refractivity contribution in [1.82, 2.24) is 0 Å². The maximum Gasteiger partial charge on any atom is 0.329 e. The highest BCUT2D eigenvalue weighted by Gasteiger charge is 2.50. The number of ether oxygens (including phenoxy) is 1. The van der Waals surface area contributed by atoms with E-state index in [9.17, 15) is 9.18 Å². The first kappa shape index (κ1) is 23.6. The van der Waals surface area contributed by atoms with Crippen LogP contribution in [0.25, 0.3) is 0 Å². The Morgan fingerprint density at radius 3 is 2.03 bits per heavy atom. The summed E-state index contributed by atoms with van der Waals surface area (Å²) in [6.07, 6.45) is 0. The molecule has 3 nitrogen and oxygen atoms in total. The number of methoxy groups -OCH3 is 1. The van der Waals surface area contributed by atoms with E-state index in [-0.39, 0.29) is 5.82 Å². The molecule has 0 bridgehead atoms. The van der Waals surface area contributed by atoms with E-state index >= 15 is 0 Å². The third kappa shape index (κ3) is 5.00. The Morgan fingerprint density at radius 2 is 1.44 bits per heavy atom. The van der Waals surface area contributed by atoms with Crippen molar-refractivity contribution in [3.05, 3.63) is 132 Å². The highest BCUT2D eigenvalue weighted by Crippen LogP contribution is 2.52. The molecule has 5 heteroatoms. The number of halogens is 1. The van der Waals surface area contributed by atoms with Crippen LogP contribution in [0.5, 0.6) is 0 Å². The summed E-state index contributed by atoms with van der Waals surface area (Å²) in [5.41, 5.74) is 3.51. The lowest BCUT2D eigenvalue weighted by atomic mass is 9.85. The van der Waals surface area contributed by atoms with Crippen LogP contribution in [0.4, 0.5) is 10.1 Å². The molecule has 172 valence electrons. The molecule has 0 saturated heterocycles. The maximum absolute atomic E-state index is 13.9. The zero-order valence-corrected chi connectivity index (χ0v) is 19.9. The van der Waals surface area contributed by atoms with Crippen molar-refractivity contribution >= 4 is 23.4 Å². The quantitative estimate of drug-likeness (QED) is 0.219. The Labute approximate surface area is 204 Å². The first-order valence-corrected chi connectivity index (χ1v) is 11.8. The average molecular weight is 472 g/mol. The van der Waals surface area contributed by atoms with Crippen molar-refractivity contribution in [1.29, 1.82) is 0 Å². The number of hydrogen-bond acceptors (Lipinski definition) is 4. The summed E-state index contributed by atoms with van der Waals surface area (Å²) in [6, 6.07) is 33.0. The van der Waals surface area contributed by atoms with Gasteiger partial charge < -0.3 is 10.1 Å². The standard InChI is InChI=1S/C29H26FNO2S/c1-21-13-19-26(20-14-21)34-29(28(32)33-2,23-9-5-3-6-10-23)27(22-15-17-24(30)18-16-22)31-25-11-7-4-8-12-25/h3-20,27,31H,1-2H3/t27-,29+/m0/s1. The maximum atomic E-state index is 13.9. The molecule has 0 aliphatic rings. The highest BCUT2D eigenvalue weighted by atomic mass is 32.2. The number of thioether (sulfide) groups is 1. The van der Waals surface area contributed by atoms with E-state index in [1.165, 1.54) is 31.0 Å². The number of anilines is 1. The van der Waals surface area contributed by atoms with Gasteiger partial charge in [0.05, 0.1) is 13.2 Å². The summed E-state index contributed by atoms with van der Waals surface area (Å²) >= 11 is 1.43. The second-order valence-electron chi connectivity index (χ2n) is 8.00. The van der Waals surface area contributed by atoms with Crippen LogP contribution < -0.4 is 5.32 Å². The minimum absolute atomic E-state index is 0.336. The molecule has 0 saturated carbocycles. The monoisotopic (exact) mass is 471 g/mol. The molecule has 0 amide bonds. The minimum atomic E-state index is -1.21. The summed E-state index contributed by atoms with van der Waals surface area (Å²) in [5.74, 6) is -0.737. The Morgan fingerprint density at radius 1 is 0.853 bits per heavy atom. The van der Waals surface area contributed by atoms with Crippen molar-refractivity contribution in [3.8, 4) is 0 Å². The number of aryl methyl sites for hydroxylation is 1. The third-order valence-corrected chi connectivity index (χ3v) is 7.15. The van der Waals surface area contributed by atoms with Crippen LogP contribution in [-0.4, -0.2) is 13.1 Å². The fourth-order valence-corrected chi connectivity index (χ4v) is 5.34. The lowest BCUT2D eigenvalue weighted by Gasteiger charge is -2.39. The predicted octanol–water partition coefficient (Wildman–Crippen LogP) is 7.15. The van der Waals surface area contributed by atoms with E-state index in [1.54, 1.807) is 12.1 Å². The van der Waals surface area contributed by atoms with Gasteiger partial charge in [-0.2, -0.15) is 0 Å². The number of rotatable bonds is 8. The molecule has 0 radical (unpaired) electrons. The summed E-state index contributed by atoms with van der Waals surface area (Å²) in [4.78, 5) is 14.7. The number of hydrogen-bond donors (Lipinski definition) is 1. The first-order chi connectivity index (χ1) is 16.5. The predicted molar refractivity (Wildman–Crippen MR) is 136 cm³/mol. The fourth-order valence-electron chi connectivity index (χ4n) is 3.97. The van der Waals surface area contributed by atoms with E-state index < -0.39 is 16.8 Å². The highest BCUT2D eigenvalue weighted by molar-refractivity contribution is 8.01. The number of benzene rings is 4. The Bertz CT molecular complexity index is 1210. The van der Waals surface area contributed by atoms with Crippen molar-refractivity contribution in [3.63, 3.8) is 0 Å². The molecule has 0 aliphatic heterocycles. The van der Waals surface area contributed by atoms with Gasteiger partial charge in [0.1, 0.15) is 5.82 Å². The lowest BCUT2D eigenvalue weighted by molar-refractivity contribution is -0.144. The van der Waals surface area contributed by atoms with Crippen LogP contribution >= 0.6 is 11.8 Å². The van der Waals surface area contributed by atoms with E-state index in [2.05, 4.69) is 5.32 Å². The fraction of sp³-hybridized carbons (Fsp3) is 0.138. The molecular weight excluding hydrogens is 445 g/mol. The zero-order chi connectivity index (χ0) is 24.0. The van der Waals surface area contributed by atoms with Crippen molar-refractivity contribution in [2.24, 2.45) is 0 Å². The van der Waals surface area contributed by atoms with Gasteiger partial charge in [-0.3, -0.25) is 4.79 Å². The molecule has 4 aromatic carbocycles. The van der Waals surface area contributed by atoms with E-state index in [0.717, 1.165) is 27.3 Å². The van der Waals surface area contributed by atoms with Gasteiger partial charge in [-0.15, -0.1) is 11.8 Å². The van der Waals surface area contributed by atoms with Crippen LogP contribution in [0.1, 0.15) is 22.7 Å². The largest absolute Gasteiger partial charge is 0.468 e. The summed E-state index contributed by atoms with van der Waals surface area (Å²) in [7, 11) is 1.40. The molecule has 2 atom stereocenters. The van der Waals surface area contributed by atoms with Gasteiger partial charge in [0.15, 0.2) is 4.75 Å². The van der Waals surface area contributed by atoms with Crippen LogP contribution in [0.3, 0.4) is 0 Å². The molecule has 34 heavy (non-hydrogen) atoms. The molecular formula is C29H26FNO2S. The summed E-state index contributed by atoms with van der Waals surface area (Å²) < 4.78 is 18.1. The smallest absolute Gasteiger partial charge is 0.329 e. The molecule has 0 heterocycles. The number of carbonyl (C=O) groups excluding carboxylic acids is 1. The van der Waals surface area contributed by atoms with Gasteiger partial charge in [0.2, 0.25) is 0 Å². The lowest BCUT2D eigenvalue weighted by Crippen LogP contribution is -2.43. The number of para-hydroxylation sites is 1. The summed E-state index contributed by atoms with van der Waals surface area (Å²) in [5, 5.41) is 3.56. The van der Waals surface area contributed by atoms with Gasteiger partial charge >= 0.3 is 5.97 Å². The number of carbonyl (C=O) groups is 1. The van der Waals surface area contributed by atoms with Gasteiger partial charge in [-0.05, 0) is 54.4 Å². The third-order valence-electron chi connectivity index (χ3n) is 5.69. The van der Waals surface area contributed by atoms with Crippen LogP contribution in [-0.2, 0) is 14.3 Å². The van der Waals surface area contributed by atoms with Crippen LogP contribution in [0.2, 0.25) is 0 Å². The first-order valence-electron chi connectivity index (χ1n) is 11.0. The SMILES string of the molecule is COC(=O)[C@@](Sc1ccc(C)cc1)(c1ccccc1)[C@@H](Nc1ccccc1)c1ccc(F)cc1. The van der Waals surface area contributed by atoms with Gasteiger partial charge in [-0.25, -0.2) is 4.39 Å². The molecule has 4 aromatic rings. The van der Waals surface area contributed by atoms with Crippen LogP contribution in [0, 0.1) is 12.7 Å². The molecule has 1 N–H and O–H groups in total. The molecule has 0 fully saturated rings. The molecule has 0 aliphatic carbocycles. The second kappa shape index (κ2) is 10.6. The van der Waals surface area contributed by atoms with Gasteiger partial charge in [0, 0.05) is 10.6 Å². The molecule has 0 spiro atoms. The Hall–Kier alpha value is -3.57. The Balaban J connectivity index is 1.96. The number of esters is 1. The van der Waals surface area contributed by atoms with Crippen molar-refractivity contribution in [2.75, 3.05) is 12.4 Å². The minimum Gasteiger partial charge on any atom is -0.468 e.